The predicted molar refractivity (Wildman–Crippen MR) is 173 cm³/mol. The van der Waals surface area contributed by atoms with Gasteiger partial charge in [0.25, 0.3) is 5.56 Å². The maximum Gasteiger partial charge on any atom is 0.407 e. The van der Waals surface area contributed by atoms with Gasteiger partial charge in [0.05, 0.1) is 18.8 Å². The molecule has 6 rings (SSSR count). The molecule has 1 amide bonds. The van der Waals surface area contributed by atoms with Crippen molar-refractivity contribution in [1.29, 1.82) is 0 Å². The van der Waals surface area contributed by atoms with Gasteiger partial charge in [-0.1, -0.05) is 30.2 Å². The van der Waals surface area contributed by atoms with Crippen molar-refractivity contribution in [3.05, 3.63) is 69.1 Å². The van der Waals surface area contributed by atoms with E-state index in [2.05, 4.69) is 22.1 Å². The fourth-order valence-corrected chi connectivity index (χ4v) is 5.92. The monoisotopic (exact) mass is 608 g/mol. The fraction of sp³-hybridized carbons (Fsp3) is 0.394. The summed E-state index contributed by atoms with van der Waals surface area (Å²) in [6.45, 7) is 8.49. The summed E-state index contributed by atoms with van der Waals surface area (Å²) in [6.07, 6.45) is 2.77. The van der Waals surface area contributed by atoms with Crippen LogP contribution >= 0.6 is 0 Å². The number of piperidine rings is 1. The Bertz CT molecular complexity index is 2130. The molecule has 12 heteroatoms. The second kappa shape index (κ2) is 11.7. The predicted octanol–water partition coefficient (Wildman–Crippen LogP) is 3.56. The standard InChI is InChI=1S/C33H36N8O4/c1-6-7-18-40-26-28(37-30(40)39-17-11-12-21(19-39)35-31(43)45-33(2,3)4)38(5)32(44)41(29(26)42)20-25-23-14-9-8-13-22(23)24-15-10-16-34-27(24)36-25/h8-10,13-16,21H,11-12,17-20H2,1-5H3,(H,35,43). The van der Waals surface area contributed by atoms with Crippen molar-refractivity contribution in [2.75, 3.05) is 18.0 Å². The number of pyridine rings is 2. The number of alkyl carbamates (subject to hydrolysis) is 1. The molecule has 0 radical (unpaired) electrons. The lowest BCUT2D eigenvalue weighted by Gasteiger charge is -2.34. The molecule has 0 aliphatic carbocycles. The summed E-state index contributed by atoms with van der Waals surface area (Å²) in [5.74, 6) is 6.50. The Labute approximate surface area is 259 Å². The normalized spacial score (nSPS) is 15.3. The maximum atomic E-state index is 14.2. The number of hydrogen-bond acceptors (Lipinski definition) is 8. The van der Waals surface area contributed by atoms with E-state index in [-0.39, 0.29) is 30.3 Å². The van der Waals surface area contributed by atoms with Crippen LogP contribution in [0.4, 0.5) is 10.7 Å². The molecular weight excluding hydrogens is 572 g/mol. The highest BCUT2D eigenvalue weighted by molar-refractivity contribution is 6.05. The molecule has 4 aromatic heterocycles. The minimum Gasteiger partial charge on any atom is -0.444 e. The molecule has 0 bridgehead atoms. The molecule has 1 aromatic carbocycles. The molecule has 1 saturated heterocycles. The molecule has 1 N–H and O–H groups in total. The highest BCUT2D eigenvalue weighted by Gasteiger charge is 2.29. The molecule has 45 heavy (non-hydrogen) atoms. The number of carbonyl (C=O) groups is 1. The number of anilines is 1. The summed E-state index contributed by atoms with van der Waals surface area (Å²) in [5.41, 5.74) is 0.0813. The van der Waals surface area contributed by atoms with E-state index in [4.69, 9.17) is 14.7 Å². The van der Waals surface area contributed by atoms with Gasteiger partial charge in [-0.05, 0) is 58.1 Å². The van der Waals surface area contributed by atoms with E-state index in [1.807, 2.05) is 62.1 Å². The second-order valence-corrected chi connectivity index (χ2v) is 12.2. The van der Waals surface area contributed by atoms with Crippen LogP contribution in [0.5, 0.6) is 0 Å². The number of imidazole rings is 1. The number of amides is 1. The van der Waals surface area contributed by atoms with E-state index < -0.39 is 22.9 Å². The van der Waals surface area contributed by atoms with Crippen molar-refractivity contribution in [1.82, 2.24) is 34.0 Å². The third-order valence-electron chi connectivity index (χ3n) is 7.91. The maximum absolute atomic E-state index is 14.2. The number of fused-ring (bicyclic) bond motifs is 4. The van der Waals surface area contributed by atoms with E-state index in [1.54, 1.807) is 24.7 Å². The lowest BCUT2D eigenvalue weighted by Crippen LogP contribution is -2.49. The molecule has 12 nitrogen and oxygen atoms in total. The van der Waals surface area contributed by atoms with Gasteiger partial charge in [-0.25, -0.2) is 19.6 Å². The minimum atomic E-state index is -0.610. The molecule has 1 aliphatic heterocycles. The topological polar surface area (TPSA) is 129 Å². The minimum absolute atomic E-state index is 0.0416. The largest absolute Gasteiger partial charge is 0.444 e. The summed E-state index contributed by atoms with van der Waals surface area (Å²) in [7, 11) is 1.61. The van der Waals surface area contributed by atoms with Crippen LogP contribution in [0.15, 0.2) is 52.2 Å². The molecule has 1 aliphatic rings. The number of benzene rings is 1. The zero-order valence-electron chi connectivity index (χ0n) is 26.1. The van der Waals surface area contributed by atoms with Crippen molar-refractivity contribution in [3.63, 3.8) is 0 Å². The van der Waals surface area contributed by atoms with Gasteiger partial charge in [0.15, 0.2) is 16.8 Å². The first-order chi connectivity index (χ1) is 21.6. The van der Waals surface area contributed by atoms with Crippen LogP contribution in [-0.4, -0.2) is 59.5 Å². The third-order valence-corrected chi connectivity index (χ3v) is 7.91. The van der Waals surface area contributed by atoms with Gasteiger partial charge in [-0.15, -0.1) is 5.92 Å². The molecule has 232 valence electrons. The van der Waals surface area contributed by atoms with Gasteiger partial charge >= 0.3 is 11.8 Å². The number of hydrogen-bond donors (Lipinski definition) is 1. The summed E-state index contributed by atoms with van der Waals surface area (Å²) in [4.78, 5) is 56.5. The third kappa shape index (κ3) is 5.73. The van der Waals surface area contributed by atoms with Gasteiger partial charge in [0, 0.05) is 43.1 Å². The van der Waals surface area contributed by atoms with Crippen LogP contribution in [0, 0.1) is 11.8 Å². The number of ether oxygens (including phenoxy) is 1. The average Bonchev–Trinajstić information content (AvgIpc) is 3.40. The summed E-state index contributed by atoms with van der Waals surface area (Å²) in [6, 6.07) is 11.4. The fourth-order valence-electron chi connectivity index (χ4n) is 5.92. The number of nitrogens with one attached hydrogen (secondary N) is 1. The Morgan fingerprint density at radius 1 is 1.07 bits per heavy atom. The average molecular weight is 609 g/mol. The van der Waals surface area contributed by atoms with E-state index in [9.17, 15) is 14.4 Å². The van der Waals surface area contributed by atoms with Crippen LogP contribution < -0.4 is 21.5 Å². The Morgan fingerprint density at radius 2 is 1.82 bits per heavy atom. The first-order valence-corrected chi connectivity index (χ1v) is 15.0. The number of rotatable bonds is 5. The molecular formula is C33H36N8O4. The van der Waals surface area contributed by atoms with E-state index >= 15 is 0 Å². The van der Waals surface area contributed by atoms with E-state index in [0.717, 1.165) is 29.0 Å². The highest BCUT2D eigenvalue weighted by Crippen LogP contribution is 2.26. The second-order valence-electron chi connectivity index (χ2n) is 12.2. The van der Waals surface area contributed by atoms with Crippen LogP contribution in [0.1, 0.15) is 46.2 Å². The van der Waals surface area contributed by atoms with Crippen molar-refractivity contribution in [2.24, 2.45) is 7.05 Å². The Morgan fingerprint density at radius 3 is 2.58 bits per heavy atom. The lowest BCUT2D eigenvalue weighted by atomic mass is 10.1. The van der Waals surface area contributed by atoms with E-state index in [1.165, 1.54) is 9.13 Å². The van der Waals surface area contributed by atoms with Crippen LogP contribution in [-0.2, 0) is 24.9 Å². The van der Waals surface area contributed by atoms with Crippen LogP contribution in [0.2, 0.25) is 0 Å². The summed E-state index contributed by atoms with van der Waals surface area (Å²) >= 11 is 0. The summed E-state index contributed by atoms with van der Waals surface area (Å²) in [5, 5.41) is 5.65. The zero-order valence-corrected chi connectivity index (χ0v) is 26.1. The quantitative estimate of drug-likeness (QED) is 0.237. The van der Waals surface area contributed by atoms with Crippen molar-refractivity contribution in [2.45, 2.75) is 65.3 Å². The Balaban J connectivity index is 1.44. The van der Waals surface area contributed by atoms with E-state index in [0.29, 0.717) is 30.4 Å². The van der Waals surface area contributed by atoms with Gasteiger partial charge in [-0.2, -0.15) is 4.98 Å². The van der Waals surface area contributed by atoms with Gasteiger partial charge < -0.3 is 15.0 Å². The first kappa shape index (κ1) is 29.9. The first-order valence-electron chi connectivity index (χ1n) is 15.0. The Kier molecular flexibility index (Phi) is 7.78. The van der Waals surface area contributed by atoms with Crippen LogP contribution in [0.25, 0.3) is 33.0 Å². The molecule has 1 fully saturated rings. The molecule has 0 saturated carbocycles. The number of aryl methyl sites for hydroxylation is 1. The number of carbonyl (C=O) groups excluding carboxylic acids is 1. The smallest absolute Gasteiger partial charge is 0.407 e. The summed E-state index contributed by atoms with van der Waals surface area (Å²) < 4.78 is 9.84. The SMILES string of the molecule is CC#CCn1c(N2CCCC(NC(=O)OC(C)(C)C)C2)nc2c1c(=O)n(Cc1nc3ncccc3c3ccccc13)c(=O)n2C. The Hall–Kier alpha value is -5.18. The van der Waals surface area contributed by atoms with Gasteiger partial charge in [0.1, 0.15) is 5.60 Å². The molecule has 0 spiro atoms. The van der Waals surface area contributed by atoms with Crippen molar-refractivity contribution >= 4 is 45.0 Å². The van der Waals surface area contributed by atoms with Gasteiger partial charge in [0.2, 0.25) is 5.95 Å². The zero-order chi connectivity index (χ0) is 31.9. The molecule has 1 atom stereocenters. The molecule has 5 heterocycles. The lowest BCUT2D eigenvalue weighted by molar-refractivity contribution is 0.0499. The molecule has 5 aromatic rings. The van der Waals surface area contributed by atoms with Gasteiger partial charge in [-0.3, -0.25) is 18.5 Å². The number of nitrogens with zero attached hydrogens (tertiary/aromatic N) is 7. The highest BCUT2D eigenvalue weighted by atomic mass is 16.6. The van der Waals surface area contributed by atoms with Crippen molar-refractivity contribution in [3.8, 4) is 11.8 Å². The number of aromatic nitrogens is 6. The van der Waals surface area contributed by atoms with Crippen LogP contribution in [0.3, 0.4) is 0 Å². The van der Waals surface area contributed by atoms with Crippen molar-refractivity contribution < 1.29 is 9.53 Å². The molecule has 1 unspecified atom stereocenters.